The number of carbonyl (C=O) groups excluding carboxylic acids is 2. The number of hydrogen-bond donors (Lipinski definition) is 2. The average Bonchev–Trinajstić information content (AvgIpc) is 2.48. The molecule has 1 saturated carbocycles. The van der Waals surface area contributed by atoms with E-state index in [0.717, 1.165) is 19.3 Å². The summed E-state index contributed by atoms with van der Waals surface area (Å²) in [5.74, 6) is 0.524. The minimum atomic E-state index is -0.133. The summed E-state index contributed by atoms with van der Waals surface area (Å²) in [5, 5.41) is 7.06. The van der Waals surface area contributed by atoms with E-state index in [1.165, 1.54) is 0 Å². The molecule has 2 amide bonds. The molecular weight excluding hydrogens is 356 g/mol. The highest BCUT2D eigenvalue weighted by Crippen LogP contribution is 2.40. The number of nitrogens with one attached hydrogen (secondary N) is 2. The minimum absolute atomic E-state index is 0.0564. The van der Waals surface area contributed by atoms with Crippen LogP contribution in [0, 0.1) is 23.7 Å². The van der Waals surface area contributed by atoms with E-state index in [1.54, 1.807) is 0 Å². The molecule has 6 unspecified atom stereocenters. The molecule has 25 heavy (non-hydrogen) atoms. The van der Waals surface area contributed by atoms with Gasteiger partial charge in [0, 0.05) is 29.1 Å². The molecule has 0 aromatic carbocycles. The van der Waals surface area contributed by atoms with Crippen LogP contribution in [0.5, 0.6) is 0 Å². The first-order valence-electron chi connectivity index (χ1n) is 9.56. The molecule has 2 fully saturated rings. The van der Waals surface area contributed by atoms with Crippen LogP contribution >= 0.6 is 23.4 Å². The molecule has 0 bridgehead atoms. The Bertz CT molecular complexity index is 486. The Kier molecular flexibility index (Phi) is 7.51. The van der Waals surface area contributed by atoms with Crippen LogP contribution < -0.4 is 10.6 Å². The molecule has 0 aromatic heterocycles. The van der Waals surface area contributed by atoms with Crippen molar-refractivity contribution >= 4 is 35.2 Å². The monoisotopic (exact) mass is 388 g/mol. The fourth-order valence-electron chi connectivity index (χ4n) is 4.21. The van der Waals surface area contributed by atoms with E-state index in [0.29, 0.717) is 23.0 Å². The zero-order chi connectivity index (χ0) is 18.7. The molecule has 0 radical (unpaired) electrons. The van der Waals surface area contributed by atoms with Crippen molar-refractivity contribution in [3.05, 3.63) is 0 Å². The van der Waals surface area contributed by atoms with Gasteiger partial charge in [-0.3, -0.25) is 9.59 Å². The lowest BCUT2D eigenvalue weighted by Crippen LogP contribution is -2.51. The second kappa shape index (κ2) is 8.98. The van der Waals surface area contributed by atoms with Crippen LogP contribution in [0.25, 0.3) is 0 Å². The van der Waals surface area contributed by atoms with Crippen molar-refractivity contribution in [2.45, 2.75) is 75.8 Å². The van der Waals surface area contributed by atoms with Crippen molar-refractivity contribution in [1.82, 2.24) is 10.6 Å². The fourth-order valence-corrected chi connectivity index (χ4v) is 6.18. The van der Waals surface area contributed by atoms with Gasteiger partial charge in [-0.05, 0) is 43.3 Å². The zero-order valence-electron chi connectivity index (χ0n) is 16.0. The number of rotatable bonds is 5. The second-order valence-electron chi connectivity index (χ2n) is 8.23. The van der Waals surface area contributed by atoms with Crippen molar-refractivity contribution in [3.63, 3.8) is 0 Å². The van der Waals surface area contributed by atoms with Gasteiger partial charge < -0.3 is 10.6 Å². The molecule has 0 aromatic rings. The highest BCUT2D eigenvalue weighted by atomic mass is 35.5. The molecule has 1 aliphatic heterocycles. The maximum Gasteiger partial charge on any atom is 0.225 e. The number of hydrogen-bond acceptors (Lipinski definition) is 3. The maximum absolute atomic E-state index is 12.8. The standard InChI is InChI=1S/C19H33ClN2O2S/c1-10(2)25-17-8-14(20)7-15(13(17)5)18(23)21-9-16-11(3)6-12(4)22-19(16)24/h10-17H,6-9H2,1-5H3,(H,21,23)(H,22,24)/t11?,12?,13?,14?,15?,16-,17?/m1/s1. The molecule has 1 heterocycles. The van der Waals surface area contributed by atoms with Gasteiger partial charge in [0.1, 0.15) is 0 Å². The molecule has 0 spiro atoms. The molecule has 1 aliphatic carbocycles. The quantitative estimate of drug-likeness (QED) is 0.709. The highest BCUT2D eigenvalue weighted by molar-refractivity contribution is 8.00. The Labute approximate surface area is 161 Å². The van der Waals surface area contributed by atoms with E-state index in [2.05, 4.69) is 38.3 Å². The van der Waals surface area contributed by atoms with Crippen LogP contribution in [0.2, 0.25) is 0 Å². The third-order valence-electron chi connectivity index (χ3n) is 5.64. The molecule has 7 atom stereocenters. The van der Waals surface area contributed by atoms with Gasteiger partial charge in [0.15, 0.2) is 0 Å². The maximum atomic E-state index is 12.8. The van der Waals surface area contributed by atoms with Crippen LogP contribution in [0.3, 0.4) is 0 Å². The summed E-state index contributed by atoms with van der Waals surface area (Å²) in [7, 11) is 0. The lowest BCUT2D eigenvalue weighted by Gasteiger charge is -2.38. The van der Waals surface area contributed by atoms with Crippen molar-refractivity contribution in [3.8, 4) is 0 Å². The van der Waals surface area contributed by atoms with Crippen molar-refractivity contribution in [1.29, 1.82) is 0 Å². The number of piperidine rings is 1. The molecule has 4 nitrogen and oxygen atoms in total. The summed E-state index contributed by atoms with van der Waals surface area (Å²) in [6.45, 7) is 11.1. The van der Waals surface area contributed by atoms with E-state index < -0.39 is 0 Å². The van der Waals surface area contributed by atoms with Gasteiger partial charge in [-0.1, -0.05) is 27.7 Å². The Morgan fingerprint density at radius 2 is 1.96 bits per heavy atom. The Hall–Kier alpha value is -0.420. The Morgan fingerprint density at radius 3 is 2.56 bits per heavy atom. The predicted octanol–water partition coefficient (Wildman–Crippen LogP) is 3.43. The largest absolute Gasteiger partial charge is 0.355 e. The summed E-state index contributed by atoms with van der Waals surface area (Å²) in [5.41, 5.74) is 0. The SMILES string of the molecule is CC1CC(C)[C@@H](CNC(=O)C2CC(Cl)CC(SC(C)C)C2C)C(=O)N1. The second-order valence-corrected chi connectivity index (χ2v) is 10.7. The van der Waals surface area contributed by atoms with E-state index >= 15 is 0 Å². The van der Waals surface area contributed by atoms with Crippen LogP contribution in [-0.2, 0) is 9.59 Å². The summed E-state index contributed by atoms with van der Waals surface area (Å²) >= 11 is 8.38. The average molecular weight is 389 g/mol. The van der Waals surface area contributed by atoms with Gasteiger partial charge in [0.05, 0.1) is 5.92 Å². The molecule has 6 heteroatoms. The van der Waals surface area contributed by atoms with E-state index in [1.807, 2.05) is 18.7 Å². The molecule has 2 aliphatic rings. The van der Waals surface area contributed by atoms with Gasteiger partial charge in [-0.2, -0.15) is 11.8 Å². The first-order valence-corrected chi connectivity index (χ1v) is 10.9. The zero-order valence-corrected chi connectivity index (χ0v) is 17.6. The van der Waals surface area contributed by atoms with Gasteiger partial charge >= 0.3 is 0 Å². The summed E-state index contributed by atoms with van der Waals surface area (Å²) in [6, 6.07) is 0.221. The van der Waals surface area contributed by atoms with E-state index in [9.17, 15) is 9.59 Å². The molecule has 144 valence electrons. The fraction of sp³-hybridized carbons (Fsp3) is 0.895. The summed E-state index contributed by atoms with van der Waals surface area (Å²) in [6.07, 6.45) is 2.66. The van der Waals surface area contributed by atoms with Crippen molar-refractivity contribution in [2.75, 3.05) is 6.54 Å². The number of carbonyl (C=O) groups is 2. The highest BCUT2D eigenvalue weighted by Gasteiger charge is 2.39. The predicted molar refractivity (Wildman–Crippen MR) is 106 cm³/mol. The third-order valence-corrected chi connectivity index (χ3v) is 7.51. The van der Waals surface area contributed by atoms with E-state index in [4.69, 9.17) is 11.6 Å². The number of halogens is 1. The van der Waals surface area contributed by atoms with Crippen LogP contribution in [-0.4, -0.2) is 40.3 Å². The summed E-state index contributed by atoms with van der Waals surface area (Å²) < 4.78 is 0. The lowest BCUT2D eigenvalue weighted by molar-refractivity contribution is -0.131. The topological polar surface area (TPSA) is 58.2 Å². The van der Waals surface area contributed by atoms with Gasteiger partial charge in [-0.25, -0.2) is 0 Å². The molecule has 2 rings (SSSR count). The van der Waals surface area contributed by atoms with Crippen LogP contribution in [0.4, 0.5) is 0 Å². The van der Waals surface area contributed by atoms with Gasteiger partial charge in [-0.15, -0.1) is 11.6 Å². The third kappa shape index (κ3) is 5.53. The Morgan fingerprint density at radius 1 is 1.28 bits per heavy atom. The number of amides is 2. The van der Waals surface area contributed by atoms with Crippen LogP contribution in [0.1, 0.15) is 53.9 Å². The number of thioether (sulfide) groups is 1. The minimum Gasteiger partial charge on any atom is -0.355 e. The normalized spacial score (nSPS) is 39.2. The van der Waals surface area contributed by atoms with Gasteiger partial charge in [0.2, 0.25) is 11.8 Å². The van der Waals surface area contributed by atoms with Gasteiger partial charge in [0.25, 0.3) is 0 Å². The molecular formula is C19H33ClN2O2S. The summed E-state index contributed by atoms with van der Waals surface area (Å²) in [4.78, 5) is 25.0. The molecule has 2 N–H and O–H groups in total. The molecule has 1 saturated heterocycles. The van der Waals surface area contributed by atoms with E-state index in [-0.39, 0.29) is 41.0 Å². The van der Waals surface area contributed by atoms with Crippen molar-refractivity contribution in [2.24, 2.45) is 23.7 Å². The van der Waals surface area contributed by atoms with Crippen molar-refractivity contribution < 1.29 is 9.59 Å². The first-order chi connectivity index (χ1) is 11.7. The van der Waals surface area contributed by atoms with Crippen LogP contribution in [0.15, 0.2) is 0 Å². The lowest BCUT2D eigenvalue weighted by atomic mass is 9.78. The smallest absolute Gasteiger partial charge is 0.225 e. The first kappa shape index (κ1) is 20.9. The number of alkyl halides is 1. The Balaban J connectivity index is 1.93.